The maximum absolute atomic E-state index is 6.92. The van der Waals surface area contributed by atoms with E-state index >= 15 is 0 Å². The van der Waals surface area contributed by atoms with Crippen molar-refractivity contribution in [3.63, 3.8) is 0 Å². The molecular formula is C33H58OSi. The van der Waals surface area contributed by atoms with E-state index in [1.165, 1.54) is 64.2 Å². The van der Waals surface area contributed by atoms with Gasteiger partial charge in [0.1, 0.15) is 0 Å². The predicted molar refractivity (Wildman–Crippen MR) is 155 cm³/mol. The predicted octanol–water partition coefficient (Wildman–Crippen LogP) is 10.3. The molecule has 0 aromatic carbocycles. The van der Waals surface area contributed by atoms with Gasteiger partial charge in [-0.3, -0.25) is 0 Å². The van der Waals surface area contributed by atoms with Crippen molar-refractivity contribution in [2.45, 2.75) is 144 Å². The third-order valence-corrected chi connectivity index (χ3v) is 16.5. The molecule has 0 heterocycles. The van der Waals surface area contributed by atoms with Crippen LogP contribution in [0.4, 0.5) is 0 Å². The molecular weight excluding hydrogens is 440 g/mol. The summed E-state index contributed by atoms with van der Waals surface area (Å²) < 4.78 is 6.92. The quantitative estimate of drug-likeness (QED) is 0.317. The van der Waals surface area contributed by atoms with Gasteiger partial charge in [-0.1, -0.05) is 98.0 Å². The van der Waals surface area contributed by atoms with Gasteiger partial charge in [-0.25, -0.2) is 0 Å². The van der Waals surface area contributed by atoms with Crippen molar-refractivity contribution in [2.24, 2.45) is 40.4 Å². The molecule has 0 amide bonds. The Kier molecular flexibility index (Phi) is 7.72. The first-order valence-corrected chi connectivity index (χ1v) is 18.2. The van der Waals surface area contributed by atoms with Gasteiger partial charge in [-0.2, -0.15) is 0 Å². The largest absolute Gasteiger partial charge is 0.414 e. The molecule has 0 spiro atoms. The zero-order chi connectivity index (χ0) is 25.8. The SMILES string of the molecule is CC(C)CCC[C@H](C)[C@H]1CC[C@H]2C3=CC=C4C[C@@H](O[Si](C)(C)C(C)(C)C)CC[C@]4(C)[C@H]3CC[C@]12C. The second-order valence-corrected chi connectivity index (χ2v) is 20.4. The highest BCUT2D eigenvalue weighted by molar-refractivity contribution is 6.74. The Hall–Kier alpha value is -0.343. The number of hydrogen-bond acceptors (Lipinski definition) is 1. The second-order valence-electron chi connectivity index (χ2n) is 15.7. The first kappa shape index (κ1) is 27.7. The minimum absolute atomic E-state index is 0.292. The lowest BCUT2D eigenvalue weighted by Gasteiger charge is -2.56. The van der Waals surface area contributed by atoms with Gasteiger partial charge in [0.25, 0.3) is 0 Å². The van der Waals surface area contributed by atoms with Crippen LogP contribution in [0.3, 0.4) is 0 Å². The Bertz CT molecular complexity index is 829. The maximum atomic E-state index is 6.92. The summed E-state index contributed by atoms with van der Waals surface area (Å²) in [5, 5.41) is 0.292. The number of allylic oxidation sites excluding steroid dienone is 3. The summed E-state index contributed by atoms with van der Waals surface area (Å²) in [5.41, 5.74) is 4.47. The highest BCUT2D eigenvalue weighted by Crippen LogP contribution is 2.66. The lowest BCUT2D eigenvalue weighted by molar-refractivity contribution is 0.0342. The molecule has 0 N–H and O–H groups in total. The summed E-state index contributed by atoms with van der Waals surface area (Å²) in [6, 6.07) is 0. The van der Waals surface area contributed by atoms with Gasteiger partial charge in [0.15, 0.2) is 8.32 Å². The van der Waals surface area contributed by atoms with Crippen LogP contribution in [0.5, 0.6) is 0 Å². The fourth-order valence-electron chi connectivity index (χ4n) is 8.69. The molecule has 0 aromatic heterocycles. The average molecular weight is 499 g/mol. The van der Waals surface area contributed by atoms with Crippen molar-refractivity contribution in [3.8, 4) is 0 Å². The molecule has 7 atom stereocenters. The number of hydrogen-bond donors (Lipinski definition) is 0. The molecule has 4 aliphatic rings. The summed E-state index contributed by atoms with van der Waals surface area (Å²) in [7, 11) is -1.71. The van der Waals surface area contributed by atoms with E-state index in [0.717, 1.165) is 29.6 Å². The van der Waals surface area contributed by atoms with Crippen LogP contribution in [-0.4, -0.2) is 14.4 Å². The second kappa shape index (κ2) is 9.76. The lowest BCUT2D eigenvalue weighted by atomic mass is 9.50. The van der Waals surface area contributed by atoms with Crippen molar-refractivity contribution in [1.82, 2.24) is 0 Å². The zero-order valence-corrected chi connectivity index (χ0v) is 26.1. The Labute approximate surface area is 220 Å². The molecule has 0 saturated heterocycles. The van der Waals surface area contributed by atoms with Crippen LogP contribution in [0.15, 0.2) is 23.3 Å². The lowest BCUT2D eigenvalue weighted by Crippen LogP contribution is -2.49. The third kappa shape index (κ3) is 5.06. The average Bonchev–Trinajstić information content (AvgIpc) is 3.10. The van der Waals surface area contributed by atoms with Crippen LogP contribution in [-0.2, 0) is 4.43 Å². The first-order chi connectivity index (χ1) is 16.2. The molecule has 3 saturated carbocycles. The summed E-state index contributed by atoms with van der Waals surface area (Å²) in [6.45, 7) is 24.6. The molecule has 0 bridgehead atoms. The van der Waals surface area contributed by atoms with Crippen molar-refractivity contribution in [3.05, 3.63) is 23.3 Å². The van der Waals surface area contributed by atoms with E-state index in [-0.39, 0.29) is 0 Å². The fourth-order valence-corrected chi connectivity index (χ4v) is 10.1. The summed E-state index contributed by atoms with van der Waals surface area (Å²) in [4.78, 5) is 0. The van der Waals surface area contributed by atoms with Crippen molar-refractivity contribution < 1.29 is 4.43 Å². The molecule has 0 aliphatic heterocycles. The molecule has 35 heavy (non-hydrogen) atoms. The Morgan fingerprint density at radius 1 is 0.943 bits per heavy atom. The van der Waals surface area contributed by atoms with Gasteiger partial charge in [0, 0.05) is 6.10 Å². The van der Waals surface area contributed by atoms with Gasteiger partial charge in [0.05, 0.1) is 0 Å². The van der Waals surface area contributed by atoms with E-state index in [1.807, 2.05) is 5.57 Å². The van der Waals surface area contributed by atoms with Crippen LogP contribution in [0, 0.1) is 40.4 Å². The third-order valence-electron chi connectivity index (χ3n) is 12.0. The van der Waals surface area contributed by atoms with E-state index in [4.69, 9.17) is 4.43 Å². The molecule has 0 unspecified atom stereocenters. The van der Waals surface area contributed by atoms with E-state index in [2.05, 4.69) is 80.6 Å². The van der Waals surface area contributed by atoms with Gasteiger partial charge in [-0.05, 0) is 103 Å². The van der Waals surface area contributed by atoms with Gasteiger partial charge < -0.3 is 4.43 Å². The molecule has 200 valence electrons. The molecule has 4 aliphatic carbocycles. The van der Waals surface area contributed by atoms with Crippen LogP contribution in [0.2, 0.25) is 18.1 Å². The molecule has 2 heteroatoms. The van der Waals surface area contributed by atoms with E-state index in [1.54, 1.807) is 5.57 Å². The number of fused-ring (bicyclic) bond motifs is 5. The van der Waals surface area contributed by atoms with E-state index in [9.17, 15) is 0 Å². The smallest absolute Gasteiger partial charge is 0.192 e. The standard InChI is InChI=1S/C33H58OSi/c1-23(2)12-11-13-24(3)28-16-17-29-27-15-14-25-22-26(34-35(9,10)31(4,5)6)18-20-32(25,7)30(27)19-21-33(28,29)8/h14-15,23-24,26,28-30H,11-13,16-22H2,1-10H3/t24-,26-,28+,29-,30-,32-,33+/m0/s1. The normalized spacial score (nSPS) is 38.4. The fraction of sp³-hybridized carbons (Fsp3) is 0.879. The molecule has 0 aromatic rings. The van der Waals surface area contributed by atoms with Gasteiger partial charge in [0.2, 0.25) is 0 Å². The van der Waals surface area contributed by atoms with Crippen molar-refractivity contribution in [2.75, 3.05) is 0 Å². The molecule has 4 rings (SSSR count). The summed E-state index contributed by atoms with van der Waals surface area (Å²) in [6.07, 6.45) is 19.4. The van der Waals surface area contributed by atoms with Crippen molar-refractivity contribution >= 4 is 8.32 Å². The van der Waals surface area contributed by atoms with Crippen LogP contribution in [0.25, 0.3) is 0 Å². The van der Waals surface area contributed by atoms with E-state index < -0.39 is 8.32 Å². The van der Waals surface area contributed by atoms with E-state index in [0.29, 0.717) is 22.0 Å². The first-order valence-electron chi connectivity index (χ1n) is 15.3. The van der Waals surface area contributed by atoms with Crippen molar-refractivity contribution in [1.29, 1.82) is 0 Å². The Morgan fingerprint density at radius 3 is 2.31 bits per heavy atom. The Morgan fingerprint density at radius 2 is 1.66 bits per heavy atom. The zero-order valence-electron chi connectivity index (χ0n) is 25.1. The minimum Gasteiger partial charge on any atom is -0.414 e. The Balaban J connectivity index is 1.49. The van der Waals surface area contributed by atoms with Crippen LogP contribution >= 0.6 is 0 Å². The van der Waals surface area contributed by atoms with Crippen LogP contribution < -0.4 is 0 Å². The monoisotopic (exact) mass is 498 g/mol. The number of rotatable bonds is 7. The summed E-state index contributed by atoms with van der Waals surface area (Å²) >= 11 is 0. The topological polar surface area (TPSA) is 9.23 Å². The van der Waals surface area contributed by atoms with Crippen LogP contribution in [0.1, 0.15) is 120 Å². The molecule has 3 fully saturated rings. The molecule has 0 radical (unpaired) electrons. The highest BCUT2D eigenvalue weighted by Gasteiger charge is 2.57. The summed E-state index contributed by atoms with van der Waals surface area (Å²) in [5.74, 6) is 4.27. The molecule has 1 nitrogen and oxygen atoms in total. The highest BCUT2D eigenvalue weighted by atomic mass is 28.4. The maximum Gasteiger partial charge on any atom is 0.192 e. The van der Waals surface area contributed by atoms with Gasteiger partial charge in [-0.15, -0.1) is 0 Å². The minimum atomic E-state index is -1.71. The van der Waals surface area contributed by atoms with Gasteiger partial charge >= 0.3 is 0 Å².